The SMILES string of the molecule is N#CC(N=C=O)c1cc(Cl)ccc1Br. The Morgan fingerprint density at radius 2 is 2.29 bits per heavy atom. The lowest BCUT2D eigenvalue weighted by atomic mass is 10.1. The number of halogens is 2. The van der Waals surface area contributed by atoms with Crippen LogP contribution in [-0.4, -0.2) is 6.08 Å². The third-order valence-electron chi connectivity index (χ3n) is 1.56. The highest BCUT2D eigenvalue weighted by molar-refractivity contribution is 9.10. The zero-order valence-corrected chi connectivity index (χ0v) is 9.21. The fourth-order valence-electron chi connectivity index (χ4n) is 0.945. The van der Waals surface area contributed by atoms with Crippen molar-refractivity contribution in [3.8, 4) is 6.07 Å². The molecule has 1 unspecified atom stereocenters. The fourth-order valence-corrected chi connectivity index (χ4v) is 1.59. The zero-order valence-electron chi connectivity index (χ0n) is 6.87. The van der Waals surface area contributed by atoms with Gasteiger partial charge in [0, 0.05) is 15.1 Å². The second-order valence-electron chi connectivity index (χ2n) is 2.42. The number of nitriles is 1. The molecule has 14 heavy (non-hydrogen) atoms. The number of benzene rings is 1. The van der Waals surface area contributed by atoms with Crippen LogP contribution in [0, 0.1) is 11.3 Å². The van der Waals surface area contributed by atoms with E-state index in [1.165, 1.54) is 6.08 Å². The van der Waals surface area contributed by atoms with Gasteiger partial charge in [-0.2, -0.15) is 10.3 Å². The molecule has 5 heteroatoms. The van der Waals surface area contributed by atoms with Crippen LogP contribution in [0.2, 0.25) is 5.02 Å². The molecule has 70 valence electrons. The summed E-state index contributed by atoms with van der Waals surface area (Å²) in [6.07, 6.45) is 1.35. The number of hydrogen-bond acceptors (Lipinski definition) is 3. The molecule has 0 saturated carbocycles. The quantitative estimate of drug-likeness (QED) is 0.613. The molecular formula is C9H4BrClN2O. The van der Waals surface area contributed by atoms with Crippen molar-refractivity contribution in [2.24, 2.45) is 4.99 Å². The topological polar surface area (TPSA) is 53.2 Å². The van der Waals surface area contributed by atoms with Gasteiger partial charge in [-0.3, -0.25) is 0 Å². The Bertz CT molecular complexity index is 435. The standard InChI is InChI=1S/C9H4BrClN2O/c10-8-2-1-6(11)3-7(8)9(4-12)13-5-14/h1-3,9H. The van der Waals surface area contributed by atoms with Gasteiger partial charge in [0.25, 0.3) is 0 Å². The zero-order chi connectivity index (χ0) is 10.6. The van der Waals surface area contributed by atoms with Crippen molar-refractivity contribution >= 4 is 33.6 Å². The molecule has 0 heterocycles. The maximum Gasteiger partial charge on any atom is 0.236 e. The monoisotopic (exact) mass is 270 g/mol. The van der Waals surface area contributed by atoms with E-state index >= 15 is 0 Å². The Labute approximate surface area is 94.1 Å². The molecule has 0 aliphatic carbocycles. The van der Waals surface area contributed by atoms with E-state index in [0.29, 0.717) is 15.1 Å². The average Bonchev–Trinajstić information content (AvgIpc) is 2.18. The van der Waals surface area contributed by atoms with Gasteiger partial charge in [0.2, 0.25) is 6.08 Å². The van der Waals surface area contributed by atoms with Gasteiger partial charge in [-0.15, -0.1) is 0 Å². The first-order valence-electron chi connectivity index (χ1n) is 3.60. The molecule has 0 saturated heterocycles. The maximum absolute atomic E-state index is 10.1. The highest BCUT2D eigenvalue weighted by Gasteiger charge is 2.12. The second kappa shape index (κ2) is 4.92. The van der Waals surface area contributed by atoms with E-state index in [0.717, 1.165) is 0 Å². The maximum atomic E-state index is 10.1. The van der Waals surface area contributed by atoms with Crippen molar-refractivity contribution in [3.63, 3.8) is 0 Å². The minimum Gasteiger partial charge on any atom is -0.211 e. The minimum atomic E-state index is -0.861. The second-order valence-corrected chi connectivity index (χ2v) is 3.71. The van der Waals surface area contributed by atoms with Crippen LogP contribution in [0.15, 0.2) is 27.7 Å². The van der Waals surface area contributed by atoms with Crippen LogP contribution >= 0.6 is 27.5 Å². The minimum absolute atomic E-state index is 0.490. The molecule has 1 rings (SSSR count). The summed E-state index contributed by atoms with van der Waals surface area (Å²) in [4.78, 5) is 13.4. The van der Waals surface area contributed by atoms with Crippen LogP contribution in [0.1, 0.15) is 11.6 Å². The lowest BCUT2D eigenvalue weighted by Crippen LogP contribution is -1.92. The first-order chi connectivity index (χ1) is 6.69. The lowest BCUT2D eigenvalue weighted by molar-refractivity contribution is 0.561. The molecule has 0 aliphatic heterocycles. The predicted octanol–water partition coefficient (Wildman–Crippen LogP) is 3.00. The summed E-state index contributed by atoms with van der Waals surface area (Å²) in [6, 6.07) is 5.96. The van der Waals surface area contributed by atoms with Gasteiger partial charge in [-0.05, 0) is 18.2 Å². The molecule has 1 aromatic carbocycles. The molecule has 0 fully saturated rings. The van der Waals surface area contributed by atoms with Crippen molar-refractivity contribution in [1.29, 1.82) is 5.26 Å². The third kappa shape index (κ3) is 2.43. The Hall–Kier alpha value is -1.14. The fraction of sp³-hybridized carbons (Fsp3) is 0.111. The van der Waals surface area contributed by atoms with E-state index in [1.807, 2.05) is 6.07 Å². The van der Waals surface area contributed by atoms with E-state index in [-0.39, 0.29) is 0 Å². The summed E-state index contributed by atoms with van der Waals surface area (Å²) in [7, 11) is 0. The summed E-state index contributed by atoms with van der Waals surface area (Å²) >= 11 is 8.99. The summed E-state index contributed by atoms with van der Waals surface area (Å²) in [5.41, 5.74) is 0.559. The molecule has 0 N–H and O–H groups in total. The molecule has 0 aliphatic rings. The Morgan fingerprint density at radius 1 is 1.57 bits per heavy atom. The molecule has 0 spiro atoms. The Balaban J connectivity index is 3.23. The molecule has 0 radical (unpaired) electrons. The predicted molar refractivity (Wildman–Crippen MR) is 55.6 cm³/mol. The summed E-state index contributed by atoms with van der Waals surface area (Å²) < 4.78 is 0.687. The van der Waals surface area contributed by atoms with Crippen molar-refractivity contribution in [1.82, 2.24) is 0 Å². The van der Waals surface area contributed by atoms with Gasteiger partial charge in [-0.25, -0.2) is 4.79 Å². The van der Waals surface area contributed by atoms with E-state index in [4.69, 9.17) is 16.9 Å². The van der Waals surface area contributed by atoms with Crippen molar-refractivity contribution in [2.75, 3.05) is 0 Å². The number of isocyanates is 1. The number of aliphatic imine (C=N–C) groups is 1. The lowest BCUT2D eigenvalue weighted by Gasteiger charge is -2.05. The van der Waals surface area contributed by atoms with Crippen LogP contribution in [0.25, 0.3) is 0 Å². The largest absolute Gasteiger partial charge is 0.236 e. The Kier molecular flexibility index (Phi) is 3.84. The van der Waals surface area contributed by atoms with E-state index < -0.39 is 6.04 Å². The summed E-state index contributed by atoms with van der Waals surface area (Å²) in [5.74, 6) is 0. The van der Waals surface area contributed by atoms with Gasteiger partial charge in [0.15, 0.2) is 6.04 Å². The van der Waals surface area contributed by atoms with Gasteiger partial charge >= 0.3 is 0 Å². The smallest absolute Gasteiger partial charge is 0.211 e. The molecule has 0 bridgehead atoms. The van der Waals surface area contributed by atoms with Crippen molar-refractivity contribution < 1.29 is 4.79 Å². The highest BCUT2D eigenvalue weighted by Crippen LogP contribution is 2.28. The number of carbonyl (C=O) groups excluding carboxylic acids is 1. The summed E-state index contributed by atoms with van der Waals surface area (Å²) in [5, 5.41) is 9.23. The van der Waals surface area contributed by atoms with Crippen LogP contribution in [0.3, 0.4) is 0 Å². The van der Waals surface area contributed by atoms with Gasteiger partial charge < -0.3 is 0 Å². The van der Waals surface area contributed by atoms with E-state index in [2.05, 4.69) is 20.9 Å². The van der Waals surface area contributed by atoms with Crippen LogP contribution in [-0.2, 0) is 4.79 Å². The molecule has 1 aromatic rings. The number of nitrogens with zero attached hydrogens (tertiary/aromatic N) is 2. The molecule has 0 aromatic heterocycles. The van der Waals surface area contributed by atoms with E-state index in [9.17, 15) is 4.79 Å². The molecule has 3 nitrogen and oxygen atoms in total. The third-order valence-corrected chi connectivity index (χ3v) is 2.51. The van der Waals surface area contributed by atoms with Crippen molar-refractivity contribution in [2.45, 2.75) is 6.04 Å². The normalized spacial score (nSPS) is 11.2. The number of hydrogen-bond donors (Lipinski definition) is 0. The highest BCUT2D eigenvalue weighted by atomic mass is 79.9. The summed E-state index contributed by atoms with van der Waals surface area (Å²) in [6.45, 7) is 0. The van der Waals surface area contributed by atoms with Crippen LogP contribution in [0.5, 0.6) is 0 Å². The van der Waals surface area contributed by atoms with Gasteiger partial charge in [0.1, 0.15) is 0 Å². The number of rotatable bonds is 2. The van der Waals surface area contributed by atoms with Gasteiger partial charge in [0.05, 0.1) is 6.07 Å². The van der Waals surface area contributed by atoms with Crippen LogP contribution < -0.4 is 0 Å². The Morgan fingerprint density at radius 3 is 2.86 bits per heavy atom. The average molecular weight is 272 g/mol. The molecular weight excluding hydrogens is 267 g/mol. The molecule has 1 atom stereocenters. The van der Waals surface area contributed by atoms with E-state index in [1.54, 1.807) is 18.2 Å². The molecule has 0 amide bonds. The van der Waals surface area contributed by atoms with Crippen molar-refractivity contribution in [3.05, 3.63) is 33.3 Å². The van der Waals surface area contributed by atoms with Gasteiger partial charge in [-0.1, -0.05) is 27.5 Å². The first kappa shape index (κ1) is 10.9. The first-order valence-corrected chi connectivity index (χ1v) is 4.77. The van der Waals surface area contributed by atoms with Crippen LogP contribution in [0.4, 0.5) is 0 Å².